The van der Waals surface area contributed by atoms with Crippen molar-refractivity contribution in [1.82, 2.24) is 0 Å². The van der Waals surface area contributed by atoms with Crippen LogP contribution in [-0.4, -0.2) is 54.4 Å². The van der Waals surface area contributed by atoms with Crippen molar-refractivity contribution in [1.29, 1.82) is 0 Å². The zero-order chi connectivity index (χ0) is 35.9. The molecule has 0 spiro atoms. The maximum absolute atomic E-state index is 10.7. The molecule has 0 aliphatic carbocycles. The van der Waals surface area contributed by atoms with E-state index >= 15 is 0 Å². The zero-order valence-electron chi connectivity index (χ0n) is 34.2. The van der Waals surface area contributed by atoms with E-state index in [9.17, 15) is 10.2 Å². The topological polar surface area (TPSA) is 58.9 Å². The Hall–Kier alpha value is 0.639. The minimum atomic E-state index is -2.60. The van der Waals surface area contributed by atoms with Crippen molar-refractivity contribution in [3.8, 4) is 0 Å². The third kappa shape index (κ3) is 35.4. The first-order valence-corrected chi connectivity index (χ1v) is 30.7. The van der Waals surface area contributed by atoms with Gasteiger partial charge < -0.3 is 0 Å². The standard InChI is InChI=1S/2C14H29O2.2C8H17.Sn/c2*1-3-5-6-7-8-9-10-11-12-13-14(15)16-4-2;2*1-3-5-7-8-6-4-2;/h2*14-15H,2-13H2,1H3;2*1,3-8H2,2H3;. The molecule has 2 atom stereocenters. The van der Waals surface area contributed by atoms with Gasteiger partial charge in [0.15, 0.2) is 0 Å². The minimum absolute atomic E-state index is 0.606. The molecule has 0 rings (SSSR count). The van der Waals surface area contributed by atoms with E-state index in [4.69, 9.17) is 9.47 Å². The van der Waals surface area contributed by atoms with Gasteiger partial charge in [-0.1, -0.05) is 39.5 Å². The van der Waals surface area contributed by atoms with Gasteiger partial charge in [-0.05, 0) is 0 Å². The van der Waals surface area contributed by atoms with Gasteiger partial charge in [0.1, 0.15) is 0 Å². The Bertz CT molecular complexity index is 566. The van der Waals surface area contributed by atoms with Gasteiger partial charge in [-0.2, -0.15) is 0 Å². The fourth-order valence-corrected chi connectivity index (χ4v) is 20.7. The van der Waals surface area contributed by atoms with E-state index in [1.165, 1.54) is 198 Å². The summed E-state index contributed by atoms with van der Waals surface area (Å²) in [7, 11) is 0. The van der Waals surface area contributed by atoms with Crippen LogP contribution in [0, 0.1) is 0 Å². The Labute approximate surface area is 313 Å². The molecule has 0 aromatic rings. The van der Waals surface area contributed by atoms with E-state index in [1.807, 2.05) is 0 Å². The molecule has 0 bridgehead atoms. The number of hydrogen-bond donors (Lipinski definition) is 2. The van der Waals surface area contributed by atoms with E-state index < -0.39 is 31.0 Å². The Morgan fingerprint density at radius 2 is 0.571 bits per heavy atom. The van der Waals surface area contributed by atoms with Crippen LogP contribution in [0.25, 0.3) is 0 Å². The summed E-state index contributed by atoms with van der Waals surface area (Å²) in [6.07, 6.45) is 40.1. The molecule has 0 heterocycles. The second-order valence-electron chi connectivity index (χ2n) is 15.9. The molecule has 0 radical (unpaired) electrons. The summed E-state index contributed by atoms with van der Waals surface area (Å²) in [5, 5.41) is 21.4. The first kappa shape index (κ1) is 49.6. The van der Waals surface area contributed by atoms with Crippen molar-refractivity contribution in [2.24, 2.45) is 0 Å². The second kappa shape index (κ2) is 39.8. The van der Waals surface area contributed by atoms with Crippen molar-refractivity contribution in [2.45, 2.75) is 263 Å². The van der Waals surface area contributed by atoms with Crippen LogP contribution in [0.3, 0.4) is 0 Å². The number of hydrogen-bond acceptors (Lipinski definition) is 4. The van der Waals surface area contributed by atoms with Crippen LogP contribution in [0.4, 0.5) is 0 Å². The maximum atomic E-state index is 10.7. The molecule has 0 aliphatic heterocycles. The monoisotopic (exact) mass is 805 g/mol. The van der Waals surface area contributed by atoms with Crippen LogP contribution in [-0.2, 0) is 9.47 Å². The van der Waals surface area contributed by atoms with Gasteiger partial charge >= 0.3 is 275 Å². The molecule has 0 aromatic heterocycles. The van der Waals surface area contributed by atoms with Crippen molar-refractivity contribution in [3.63, 3.8) is 0 Å². The third-order valence-corrected chi connectivity index (χ3v) is 26.4. The molecular weight excluding hydrogens is 711 g/mol. The van der Waals surface area contributed by atoms with E-state index in [-0.39, 0.29) is 0 Å². The predicted molar refractivity (Wildman–Crippen MR) is 219 cm³/mol. The Morgan fingerprint density at radius 1 is 0.327 bits per heavy atom. The average Bonchev–Trinajstić information content (AvgIpc) is 3.09. The van der Waals surface area contributed by atoms with E-state index in [2.05, 4.69) is 27.7 Å². The van der Waals surface area contributed by atoms with Crippen molar-refractivity contribution in [2.75, 3.05) is 13.2 Å². The van der Waals surface area contributed by atoms with Gasteiger partial charge in [-0.3, -0.25) is 0 Å². The average molecular weight is 804 g/mol. The molecule has 0 fully saturated rings. The molecule has 5 heteroatoms. The molecule has 0 saturated carbocycles. The van der Waals surface area contributed by atoms with Gasteiger partial charge in [-0.15, -0.1) is 0 Å². The van der Waals surface area contributed by atoms with Crippen molar-refractivity contribution >= 4 is 18.4 Å². The summed E-state index contributed by atoms with van der Waals surface area (Å²) >= 11 is -2.60. The van der Waals surface area contributed by atoms with E-state index in [0.717, 1.165) is 38.9 Å². The molecule has 0 aliphatic rings. The van der Waals surface area contributed by atoms with E-state index in [1.54, 1.807) is 0 Å². The van der Waals surface area contributed by atoms with Crippen LogP contribution in [0.1, 0.15) is 233 Å². The molecule has 0 aromatic carbocycles. The predicted octanol–water partition coefficient (Wildman–Crippen LogP) is 14.7. The van der Waals surface area contributed by atoms with Gasteiger partial charge in [-0.25, -0.2) is 0 Å². The van der Waals surface area contributed by atoms with Gasteiger partial charge in [0.05, 0.1) is 0 Å². The second-order valence-corrected chi connectivity index (χ2v) is 30.2. The Morgan fingerprint density at radius 3 is 0.857 bits per heavy atom. The Kier molecular flexibility index (Phi) is 40.4. The molecule has 2 unspecified atom stereocenters. The number of unbranched alkanes of at least 4 members (excludes halogenated alkanes) is 26. The first-order chi connectivity index (χ1) is 24.0. The molecule has 4 nitrogen and oxygen atoms in total. The van der Waals surface area contributed by atoms with Gasteiger partial charge in [0.25, 0.3) is 0 Å². The smallest absolute Gasteiger partial charge is 0.0654 e. The molecule has 0 amide bonds. The van der Waals surface area contributed by atoms with Crippen molar-refractivity contribution < 1.29 is 19.7 Å². The van der Waals surface area contributed by atoms with Crippen LogP contribution in [0.15, 0.2) is 0 Å². The fraction of sp³-hybridized carbons (Fsp3) is 1.00. The van der Waals surface area contributed by atoms with Gasteiger partial charge in [0.2, 0.25) is 0 Å². The number of aliphatic hydroxyl groups is 2. The van der Waals surface area contributed by atoms with E-state index in [0.29, 0.717) is 0 Å². The third-order valence-electron chi connectivity index (χ3n) is 11.1. The number of ether oxygens (including phenoxy) is 2. The molecule has 296 valence electrons. The molecule has 0 saturated heterocycles. The minimum Gasteiger partial charge on any atom is -0.0654 e. The molecule has 49 heavy (non-hydrogen) atoms. The SMILES string of the molecule is CCCCCCCCCCCC(O)OC[CH2][Sn]([CH2]CCCCCCC)([CH2]CCCCCCC)[CH2]COC(O)CCCCCCCCCCC. The normalized spacial score (nSPS) is 13.3. The quantitative estimate of drug-likeness (QED) is 0.0367. The number of rotatable bonds is 42. The summed E-state index contributed by atoms with van der Waals surface area (Å²) in [6.45, 7) is 10.6. The van der Waals surface area contributed by atoms with Crippen LogP contribution in [0.5, 0.6) is 0 Å². The molecular formula is C44H92O4Sn. The van der Waals surface area contributed by atoms with Gasteiger partial charge in [0, 0.05) is 0 Å². The summed E-state index contributed by atoms with van der Waals surface area (Å²) in [6, 6.07) is 0. The number of aliphatic hydroxyl groups excluding tert-OH is 2. The summed E-state index contributed by atoms with van der Waals surface area (Å²) in [5.74, 6) is 0. The summed E-state index contributed by atoms with van der Waals surface area (Å²) in [4.78, 5) is 0. The fourth-order valence-electron chi connectivity index (χ4n) is 7.56. The summed E-state index contributed by atoms with van der Waals surface area (Å²) < 4.78 is 17.5. The first-order valence-electron chi connectivity index (χ1n) is 22.6. The molecule has 2 N–H and O–H groups in total. The zero-order valence-corrected chi connectivity index (χ0v) is 37.1. The van der Waals surface area contributed by atoms with Crippen LogP contribution >= 0.6 is 0 Å². The Balaban J connectivity index is 4.87. The summed E-state index contributed by atoms with van der Waals surface area (Å²) in [5.41, 5.74) is 0. The van der Waals surface area contributed by atoms with Crippen molar-refractivity contribution in [3.05, 3.63) is 0 Å². The van der Waals surface area contributed by atoms with Crippen LogP contribution in [0.2, 0.25) is 17.7 Å². The van der Waals surface area contributed by atoms with Crippen LogP contribution < -0.4 is 0 Å².